The second-order valence-electron chi connectivity index (χ2n) is 7.07. The molecule has 0 aliphatic carbocycles. The third kappa shape index (κ3) is 4.17. The Morgan fingerprint density at radius 2 is 2.00 bits per heavy atom. The highest BCUT2D eigenvalue weighted by atomic mass is 35.5. The van der Waals surface area contributed by atoms with E-state index in [1.807, 2.05) is 44.2 Å². The number of carbonyl (C=O) groups excluding carboxylic acids is 1. The summed E-state index contributed by atoms with van der Waals surface area (Å²) in [5.74, 6) is 0.257. The van der Waals surface area contributed by atoms with Gasteiger partial charge in [-0.25, -0.2) is 0 Å². The number of hydrogen-bond acceptors (Lipinski definition) is 5. The molecule has 0 bridgehead atoms. The number of aliphatic imine (C=N–C) groups is 1. The SMILES string of the molecule is CC(C)C1=NN2C(=N)/C(=C\c3cc(Cl)ccc3OCc3ccccc3)C(=O)N=C2S1. The summed E-state index contributed by atoms with van der Waals surface area (Å²) in [5.41, 5.74) is 1.76. The number of carbonyl (C=O) groups is 1. The molecule has 6 nitrogen and oxygen atoms in total. The molecule has 1 N–H and O–H groups in total. The minimum Gasteiger partial charge on any atom is -0.488 e. The molecular formula is C22H19ClN4O2S. The molecule has 2 aromatic carbocycles. The van der Waals surface area contributed by atoms with Crippen LogP contribution < -0.4 is 4.74 Å². The van der Waals surface area contributed by atoms with Crippen molar-refractivity contribution in [3.8, 4) is 5.75 Å². The van der Waals surface area contributed by atoms with E-state index in [4.69, 9.17) is 21.7 Å². The number of benzene rings is 2. The van der Waals surface area contributed by atoms with Crippen molar-refractivity contribution in [1.29, 1.82) is 5.41 Å². The smallest absolute Gasteiger partial charge is 0.283 e. The average molecular weight is 439 g/mol. The number of amidine groups is 2. The van der Waals surface area contributed by atoms with Crippen LogP contribution >= 0.6 is 23.4 Å². The lowest BCUT2D eigenvalue weighted by Crippen LogP contribution is -2.35. The Morgan fingerprint density at radius 1 is 1.23 bits per heavy atom. The van der Waals surface area contributed by atoms with E-state index in [9.17, 15) is 4.79 Å². The maximum Gasteiger partial charge on any atom is 0.283 e. The summed E-state index contributed by atoms with van der Waals surface area (Å²) in [6.45, 7) is 4.39. The molecule has 0 radical (unpaired) electrons. The average Bonchev–Trinajstić information content (AvgIpc) is 3.16. The zero-order chi connectivity index (χ0) is 21.3. The molecule has 2 heterocycles. The van der Waals surface area contributed by atoms with Crippen LogP contribution in [-0.4, -0.2) is 27.0 Å². The normalized spacial score (nSPS) is 17.3. The van der Waals surface area contributed by atoms with Crippen molar-refractivity contribution in [2.45, 2.75) is 20.5 Å². The van der Waals surface area contributed by atoms with Gasteiger partial charge in [0.2, 0.25) is 5.17 Å². The molecule has 2 aliphatic rings. The van der Waals surface area contributed by atoms with Crippen LogP contribution in [0.15, 0.2) is 64.2 Å². The van der Waals surface area contributed by atoms with Crippen molar-refractivity contribution in [1.82, 2.24) is 5.01 Å². The van der Waals surface area contributed by atoms with Gasteiger partial charge in [0.15, 0.2) is 5.84 Å². The quantitative estimate of drug-likeness (QED) is 0.651. The fourth-order valence-electron chi connectivity index (χ4n) is 2.89. The van der Waals surface area contributed by atoms with E-state index in [-0.39, 0.29) is 17.3 Å². The summed E-state index contributed by atoms with van der Waals surface area (Å²) < 4.78 is 5.96. The first kappa shape index (κ1) is 20.4. The van der Waals surface area contributed by atoms with Crippen LogP contribution in [0.2, 0.25) is 5.02 Å². The van der Waals surface area contributed by atoms with Crippen molar-refractivity contribution in [3.63, 3.8) is 0 Å². The van der Waals surface area contributed by atoms with Gasteiger partial charge in [-0.1, -0.05) is 55.8 Å². The van der Waals surface area contributed by atoms with Crippen LogP contribution in [0.3, 0.4) is 0 Å². The van der Waals surface area contributed by atoms with Crippen molar-refractivity contribution >= 4 is 51.4 Å². The highest BCUT2D eigenvalue weighted by molar-refractivity contribution is 8.27. The van der Waals surface area contributed by atoms with Crippen molar-refractivity contribution < 1.29 is 9.53 Å². The second-order valence-corrected chi connectivity index (χ2v) is 8.49. The number of thioether (sulfide) groups is 1. The maximum atomic E-state index is 12.6. The molecule has 1 amide bonds. The molecule has 0 aromatic heterocycles. The third-order valence-electron chi connectivity index (χ3n) is 4.47. The van der Waals surface area contributed by atoms with E-state index < -0.39 is 5.91 Å². The number of halogens is 1. The molecule has 8 heteroatoms. The highest BCUT2D eigenvalue weighted by Crippen LogP contribution is 2.32. The Labute approximate surface area is 183 Å². The van der Waals surface area contributed by atoms with Gasteiger partial charge in [0.1, 0.15) is 17.4 Å². The number of fused-ring (bicyclic) bond motifs is 1. The standard InChI is InChI=1S/C22H19ClN4O2S/c1-13(2)21-26-27-19(24)17(20(28)25-22(27)30-21)11-15-10-16(23)8-9-18(15)29-12-14-6-4-3-5-7-14/h3-11,13,24H,12H2,1-2H3/b17-11+,24-19?. The molecule has 0 saturated carbocycles. The van der Waals surface area contributed by atoms with Gasteiger partial charge < -0.3 is 4.74 Å². The monoisotopic (exact) mass is 438 g/mol. The van der Waals surface area contributed by atoms with E-state index in [1.165, 1.54) is 16.8 Å². The minimum absolute atomic E-state index is 0.0119. The first-order chi connectivity index (χ1) is 14.4. The Morgan fingerprint density at radius 3 is 2.73 bits per heavy atom. The number of nitrogens with one attached hydrogen (secondary N) is 1. The number of amides is 1. The topological polar surface area (TPSA) is 78.1 Å². The molecule has 152 valence electrons. The summed E-state index contributed by atoms with van der Waals surface area (Å²) in [7, 11) is 0. The summed E-state index contributed by atoms with van der Waals surface area (Å²) in [6.07, 6.45) is 1.59. The molecule has 30 heavy (non-hydrogen) atoms. The Kier molecular flexibility index (Phi) is 5.74. The van der Waals surface area contributed by atoms with Gasteiger partial charge in [-0.05, 0) is 41.6 Å². The Hall–Kier alpha value is -2.90. The zero-order valence-corrected chi connectivity index (χ0v) is 18.0. The van der Waals surface area contributed by atoms with Crippen LogP contribution in [-0.2, 0) is 11.4 Å². The molecule has 0 saturated heterocycles. The molecule has 4 rings (SSSR count). The van der Waals surface area contributed by atoms with Crippen LogP contribution in [0.4, 0.5) is 0 Å². The molecule has 2 aliphatic heterocycles. The third-order valence-corrected chi connectivity index (χ3v) is 5.92. The predicted octanol–water partition coefficient (Wildman–Crippen LogP) is 5.19. The number of nitrogens with zero attached hydrogens (tertiary/aromatic N) is 3. The van der Waals surface area contributed by atoms with Crippen molar-refractivity contribution in [3.05, 3.63) is 70.3 Å². The van der Waals surface area contributed by atoms with Crippen LogP contribution in [0, 0.1) is 11.3 Å². The van der Waals surface area contributed by atoms with E-state index in [2.05, 4.69) is 10.1 Å². The summed E-state index contributed by atoms with van der Waals surface area (Å²) in [6, 6.07) is 15.0. The Bertz CT molecular complexity index is 1110. The lowest BCUT2D eigenvalue weighted by atomic mass is 10.1. The zero-order valence-electron chi connectivity index (χ0n) is 16.4. The largest absolute Gasteiger partial charge is 0.488 e. The number of ether oxygens (including phenoxy) is 1. The molecule has 2 aromatic rings. The van der Waals surface area contributed by atoms with Gasteiger partial charge in [0.05, 0.1) is 5.57 Å². The van der Waals surface area contributed by atoms with Crippen molar-refractivity contribution in [2.75, 3.05) is 0 Å². The maximum absolute atomic E-state index is 12.6. The fourth-order valence-corrected chi connectivity index (χ4v) is 3.97. The lowest BCUT2D eigenvalue weighted by Gasteiger charge is -2.20. The van der Waals surface area contributed by atoms with Crippen LogP contribution in [0.25, 0.3) is 6.08 Å². The van der Waals surface area contributed by atoms with Crippen LogP contribution in [0.1, 0.15) is 25.0 Å². The van der Waals surface area contributed by atoms with Gasteiger partial charge in [-0.15, -0.1) is 0 Å². The first-order valence-corrected chi connectivity index (χ1v) is 10.6. The van der Waals surface area contributed by atoms with Gasteiger partial charge in [-0.3, -0.25) is 10.2 Å². The fraction of sp³-hybridized carbons (Fsp3) is 0.182. The van der Waals surface area contributed by atoms with Gasteiger partial charge >= 0.3 is 0 Å². The summed E-state index contributed by atoms with van der Waals surface area (Å²) >= 11 is 7.50. The molecular weight excluding hydrogens is 420 g/mol. The van der Waals surface area contributed by atoms with Gasteiger partial charge in [0, 0.05) is 16.5 Å². The summed E-state index contributed by atoms with van der Waals surface area (Å²) in [4.78, 5) is 16.8. The number of rotatable bonds is 5. The molecule has 0 atom stereocenters. The molecule has 0 unspecified atom stereocenters. The molecule has 0 fully saturated rings. The van der Waals surface area contributed by atoms with E-state index >= 15 is 0 Å². The summed E-state index contributed by atoms with van der Waals surface area (Å²) in [5, 5.41) is 16.1. The molecule has 0 spiro atoms. The predicted molar refractivity (Wildman–Crippen MR) is 122 cm³/mol. The van der Waals surface area contributed by atoms with Gasteiger partial charge in [0.25, 0.3) is 5.91 Å². The Balaban J connectivity index is 1.65. The van der Waals surface area contributed by atoms with E-state index in [0.717, 1.165) is 10.6 Å². The number of hydrogen-bond donors (Lipinski definition) is 1. The highest BCUT2D eigenvalue weighted by Gasteiger charge is 2.36. The second kappa shape index (κ2) is 8.45. The van der Waals surface area contributed by atoms with Crippen molar-refractivity contribution in [2.24, 2.45) is 16.0 Å². The van der Waals surface area contributed by atoms with Crippen LogP contribution in [0.5, 0.6) is 5.75 Å². The lowest BCUT2D eigenvalue weighted by molar-refractivity contribution is -0.114. The number of hydrazone groups is 1. The minimum atomic E-state index is -0.479. The van der Waals surface area contributed by atoms with Gasteiger partial charge in [-0.2, -0.15) is 15.1 Å². The first-order valence-electron chi connectivity index (χ1n) is 9.39. The van der Waals surface area contributed by atoms with E-state index in [0.29, 0.717) is 28.1 Å². The van der Waals surface area contributed by atoms with E-state index in [1.54, 1.807) is 24.3 Å².